The maximum atomic E-state index is 10.6. The standard InChI is InChI=1S/C13H22O2Si/c1-10(2)16(14,11(3)4)15-13-8-6-12(5)7-9-13/h6-11,14H,1-5H3. The Bertz CT molecular complexity index is 322. The average Bonchev–Trinajstić information content (AvgIpc) is 2.20. The summed E-state index contributed by atoms with van der Waals surface area (Å²) in [6.45, 7) is 10.2. The molecule has 90 valence electrons. The number of hydrogen-bond donors (Lipinski definition) is 1. The molecule has 0 aromatic heterocycles. The zero-order chi connectivity index (χ0) is 12.3. The largest absolute Gasteiger partial charge is 0.520 e. The van der Waals surface area contributed by atoms with Gasteiger partial charge in [-0.15, -0.1) is 0 Å². The van der Waals surface area contributed by atoms with Crippen LogP contribution in [0.15, 0.2) is 24.3 Å². The third-order valence-electron chi connectivity index (χ3n) is 2.96. The van der Waals surface area contributed by atoms with E-state index in [4.69, 9.17) is 4.43 Å². The summed E-state index contributed by atoms with van der Waals surface area (Å²) in [4.78, 5) is 10.6. The molecule has 0 saturated carbocycles. The predicted octanol–water partition coefficient (Wildman–Crippen LogP) is 3.63. The summed E-state index contributed by atoms with van der Waals surface area (Å²) < 4.78 is 5.87. The minimum absolute atomic E-state index is 0.189. The molecule has 0 aliphatic rings. The summed E-state index contributed by atoms with van der Waals surface area (Å²) in [5.74, 6) is 0.780. The SMILES string of the molecule is Cc1ccc(O[Si](O)(C(C)C)C(C)C)cc1. The molecule has 1 rings (SSSR count). The average molecular weight is 238 g/mol. The molecule has 0 amide bonds. The summed E-state index contributed by atoms with van der Waals surface area (Å²) in [7, 11) is -2.66. The Balaban J connectivity index is 2.88. The highest BCUT2D eigenvalue weighted by molar-refractivity contribution is 6.69. The molecule has 0 atom stereocenters. The van der Waals surface area contributed by atoms with E-state index >= 15 is 0 Å². The molecule has 0 aliphatic heterocycles. The predicted molar refractivity (Wildman–Crippen MR) is 70.0 cm³/mol. The molecule has 2 nitrogen and oxygen atoms in total. The highest BCUT2D eigenvalue weighted by atomic mass is 28.4. The summed E-state index contributed by atoms with van der Waals surface area (Å²) in [6, 6.07) is 7.87. The highest BCUT2D eigenvalue weighted by Gasteiger charge is 2.43. The van der Waals surface area contributed by atoms with E-state index < -0.39 is 8.56 Å². The van der Waals surface area contributed by atoms with Gasteiger partial charge in [0.1, 0.15) is 5.75 Å². The summed E-state index contributed by atoms with van der Waals surface area (Å²) in [5, 5.41) is 0. The highest BCUT2D eigenvalue weighted by Crippen LogP contribution is 2.32. The van der Waals surface area contributed by atoms with E-state index in [2.05, 4.69) is 0 Å². The minimum Gasteiger partial charge on any atom is -0.520 e. The molecular weight excluding hydrogens is 216 g/mol. The first-order valence-corrected chi connectivity index (χ1v) is 7.85. The summed E-state index contributed by atoms with van der Waals surface area (Å²) in [6.07, 6.45) is 0. The van der Waals surface area contributed by atoms with Crippen LogP contribution >= 0.6 is 0 Å². The van der Waals surface area contributed by atoms with Crippen molar-refractivity contribution in [3.05, 3.63) is 29.8 Å². The van der Waals surface area contributed by atoms with E-state index in [1.165, 1.54) is 5.56 Å². The third kappa shape index (κ3) is 2.86. The lowest BCUT2D eigenvalue weighted by Crippen LogP contribution is -2.48. The van der Waals surface area contributed by atoms with E-state index in [1.54, 1.807) is 0 Å². The smallest absolute Gasteiger partial charge is 0.401 e. The van der Waals surface area contributed by atoms with Crippen LogP contribution in [0.4, 0.5) is 0 Å². The molecule has 0 aliphatic carbocycles. The maximum Gasteiger partial charge on any atom is 0.401 e. The second-order valence-corrected chi connectivity index (χ2v) is 8.99. The van der Waals surface area contributed by atoms with E-state index in [0.717, 1.165) is 5.75 Å². The Morgan fingerprint density at radius 3 is 1.81 bits per heavy atom. The number of benzene rings is 1. The van der Waals surface area contributed by atoms with E-state index in [9.17, 15) is 4.80 Å². The molecule has 3 heteroatoms. The molecule has 0 bridgehead atoms. The van der Waals surface area contributed by atoms with Crippen LogP contribution in [0.3, 0.4) is 0 Å². The van der Waals surface area contributed by atoms with Crippen molar-refractivity contribution in [3.63, 3.8) is 0 Å². The fourth-order valence-corrected chi connectivity index (χ4v) is 4.02. The van der Waals surface area contributed by atoms with Crippen molar-refractivity contribution >= 4 is 8.56 Å². The molecule has 1 N–H and O–H groups in total. The Hall–Kier alpha value is -0.803. The molecule has 1 aromatic carbocycles. The summed E-state index contributed by atoms with van der Waals surface area (Å²) in [5.41, 5.74) is 1.58. The van der Waals surface area contributed by atoms with Crippen LogP contribution < -0.4 is 4.43 Å². The van der Waals surface area contributed by atoms with E-state index in [-0.39, 0.29) is 11.1 Å². The Morgan fingerprint density at radius 1 is 1.00 bits per heavy atom. The second-order valence-electron chi connectivity index (χ2n) is 4.98. The molecule has 0 heterocycles. The van der Waals surface area contributed by atoms with Crippen LogP contribution in [0.5, 0.6) is 5.75 Å². The lowest BCUT2D eigenvalue weighted by molar-refractivity contribution is 0.340. The van der Waals surface area contributed by atoms with Crippen molar-refractivity contribution in [2.45, 2.75) is 45.7 Å². The topological polar surface area (TPSA) is 29.5 Å². The van der Waals surface area contributed by atoms with Crippen molar-refractivity contribution in [3.8, 4) is 5.75 Å². The van der Waals surface area contributed by atoms with E-state index in [1.807, 2.05) is 58.9 Å². The Kier molecular flexibility index (Phi) is 4.16. The van der Waals surface area contributed by atoms with Gasteiger partial charge in [0.05, 0.1) is 0 Å². The maximum absolute atomic E-state index is 10.6. The van der Waals surface area contributed by atoms with Crippen LogP contribution in [-0.2, 0) is 0 Å². The normalized spacial score (nSPS) is 12.2. The minimum atomic E-state index is -2.66. The second kappa shape index (κ2) is 5.02. The van der Waals surface area contributed by atoms with Gasteiger partial charge in [0, 0.05) is 11.1 Å². The van der Waals surface area contributed by atoms with Crippen molar-refractivity contribution in [1.29, 1.82) is 0 Å². The lowest BCUT2D eigenvalue weighted by atomic mass is 10.2. The Labute approximate surface area is 99.5 Å². The molecule has 0 unspecified atom stereocenters. The molecule has 16 heavy (non-hydrogen) atoms. The zero-order valence-corrected chi connectivity index (χ0v) is 11.8. The van der Waals surface area contributed by atoms with Gasteiger partial charge in [-0.05, 0) is 19.1 Å². The van der Waals surface area contributed by atoms with Crippen LogP contribution in [0.25, 0.3) is 0 Å². The van der Waals surface area contributed by atoms with Gasteiger partial charge in [0.2, 0.25) is 0 Å². The van der Waals surface area contributed by atoms with Crippen molar-refractivity contribution in [2.24, 2.45) is 0 Å². The van der Waals surface area contributed by atoms with Crippen LogP contribution in [0, 0.1) is 6.92 Å². The van der Waals surface area contributed by atoms with Crippen LogP contribution in [0.1, 0.15) is 33.3 Å². The third-order valence-corrected chi connectivity index (χ3v) is 6.83. The van der Waals surface area contributed by atoms with E-state index in [0.29, 0.717) is 0 Å². The first-order chi connectivity index (χ1) is 7.36. The molecule has 0 fully saturated rings. The number of hydrogen-bond acceptors (Lipinski definition) is 2. The van der Waals surface area contributed by atoms with Crippen molar-refractivity contribution < 1.29 is 9.22 Å². The van der Waals surface area contributed by atoms with Crippen molar-refractivity contribution in [2.75, 3.05) is 0 Å². The zero-order valence-electron chi connectivity index (χ0n) is 10.8. The van der Waals surface area contributed by atoms with Gasteiger partial charge in [-0.1, -0.05) is 45.4 Å². The monoisotopic (exact) mass is 238 g/mol. The number of aryl methyl sites for hydroxylation is 1. The van der Waals surface area contributed by atoms with Crippen LogP contribution in [0.2, 0.25) is 11.1 Å². The quantitative estimate of drug-likeness (QED) is 0.812. The molecule has 0 saturated heterocycles. The van der Waals surface area contributed by atoms with Gasteiger partial charge < -0.3 is 9.22 Å². The first-order valence-electron chi connectivity index (χ1n) is 5.84. The lowest BCUT2D eigenvalue weighted by Gasteiger charge is -2.32. The molecule has 0 radical (unpaired) electrons. The van der Waals surface area contributed by atoms with Gasteiger partial charge in [-0.3, -0.25) is 0 Å². The van der Waals surface area contributed by atoms with Crippen molar-refractivity contribution in [1.82, 2.24) is 0 Å². The van der Waals surface area contributed by atoms with Gasteiger partial charge in [0.25, 0.3) is 0 Å². The first kappa shape index (κ1) is 13.3. The molecule has 1 aromatic rings. The van der Waals surface area contributed by atoms with Crippen LogP contribution in [-0.4, -0.2) is 13.4 Å². The molecule has 0 spiro atoms. The Morgan fingerprint density at radius 2 is 1.44 bits per heavy atom. The summed E-state index contributed by atoms with van der Waals surface area (Å²) >= 11 is 0. The van der Waals surface area contributed by atoms with Gasteiger partial charge >= 0.3 is 8.56 Å². The van der Waals surface area contributed by atoms with Gasteiger partial charge in [-0.25, -0.2) is 0 Å². The fourth-order valence-electron chi connectivity index (χ4n) is 1.70. The fraction of sp³-hybridized carbons (Fsp3) is 0.538. The molecular formula is C13H22O2Si. The van der Waals surface area contributed by atoms with Gasteiger partial charge in [0.15, 0.2) is 0 Å². The van der Waals surface area contributed by atoms with Gasteiger partial charge in [-0.2, -0.15) is 0 Å². The number of rotatable bonds is 4.